The molecule has 0 amide bonds. The molecular weight excluding hydrogens is 278 g/mol. The monoisotopic (exact) mass is 297 g/mol. The molecule has 0 saturated carbocycles. The van der Waals surface area contributed by atoms with Crippen LogP contribution < -0.4 is 20.3 Å². The molecule has 1 aromatic carbocycles. The van der Waals surface area contributed by atoms with Gasteiger partial charge in [-0.3, -0.25) is 0 Å². The maximum atomic E-state index is 6.25. The number of anilines is 3. The SMILES string of the molecule is Cc1cccc2c1Oc1c(nnc(C)c1N1CCNCC1)N2. The van der Waals surface area contributed by atoms with E-state index in [1.165, 1.54) is 0 Å². The number of hydrogen-bond acceptors (Lipinski definition) is 6. The first kappa shape index (κ1) is 13.3. The van der Waals surface area contributed by atoms with Crippen molar-refractivity contribution < 1.29 is 4.74 Å². The Kier molecular flexibility index (Phi) is 3.11. The van der Waals surface area contributed by atoms with Gasteiger partial charge >= 0.3 is 0 Å². The summed E-state index contributed by atoms with van der Waals surface area (Å²) in [6, 6.07) is 6.06. The van der Waals surface area contributed by atoms with Gasteiger partial charge in [0, 0.05) is 26.2 Å². The van der Waals surface area contributed by atoms with Crippen LogP contribution in [0.2, 0.25) is 0 Å². The molecule has 3 heterocycles. The first-order chi connectivity index (χ1) is 10.7. The van der Waals surface area contributed by atoms with Gasteiger partial charge in [0.05, 0.1) is 11.4 Å². The molecule has 2 aliphatic heterocycles. The highest BCUT2D eigenvalue weighted by atomic mass is 16.5. The summed E-state index contributed by atoms with van der Waals surface area (Å²) in [6.07, 6.45) is 0. The molecule has 0 unspecified atom stereocenters. The number of benzene rings is 1. The van der Waals surface area contributed by atoms with Crippen molar-refractivity contribution in [2.75, 3.05) is 36.4 Å². The number of nitrogens with zero attached hydrogens (tertiary/aromatic N) is 3. The molecule has 0 spiro atoms. The van der Waals surface area contributed by atoms with Gasteiger partial charge in [-0.05, 0) is 25.5 Å². The third kappa shape index (κ3) is 2.07. The first-order valence-electron chi connectivity index (χ1n) is 7.61. The summed E-state index contributed by atoms with van der Waals surface area (Å²) >= 11 is 0. The third-order valence-electron chi connectivity index (χ3n) is 4.18. The summed E-state index contributed by atoms with van der Waals surface area (Å²) < 4.78 is 6.25. The molecule has 0 atom stereocenters. The fourth-order valence-electron chi connectivity index (χ4n) is 3.05. The zero-order valence-electron chi connectivity index (χ0n) is 12.8. The summed E-state index contributed by atoms with van der Waals surface area (Å²) in [5, 5.41) is 15.3. The summed E-state index contributed by atoms with van der Waals surface area (Å²) in [6.45, 7) is 7.88. The van der Waals surface area contributed by atoms with Crippen LogP contribution in [0.25, 0.3) is 0 Å². The minimum absolute atomic E-state index is 0.692. The van der Waals surface area contributed by atoms with Gasteiger partial charge in [0.25, 0.3) is 0 Å². The average molecular weight is 297 g/mol. The summed E-state index contributed by atoms with van der Waals surface area (Å²) in [4.78, 5) is 2.32. The lowest BCUT2D eigenvalue weighted by molar-refractivity contribution is 0.467. The maximum absolute atomic E-state index is 6.25. The molecule has 0 bridgehead atoms. The van der Waals surface area contributed by atoms with Crippen LogP contribution in [-0.4, -0.2) is 36.4 Å². The molecule has 0 aliphatic carbocycles. The second-order valence-corrected chi connectivity index (χ2v) is 5.73. The van der Waals surface area contributed by atoms with E-state index in [1.54, 1.807) is 0 Å². The normalized spacial score (nSPS) is 16.4. The molecule has 2 aromatic rings. The van der Waals surface area contributed by atoms with Crippen molar-refractivity contribution in [3.05, 3.63) is 29.5 Å². The van der Waals surface area contributed by atoms with Gasteiger partial charge in [-0.1, -0.05) is 12.1 Å². The van der Waals surface area contributed by atoms with Crippen molar-refractivity contribution >= 4 is 17.2 Å². The number of aromatic nitrogens is 2. The van der Waals surface area contributed by atoms with Gasteiger partial charge in [0.15, 0.2) is 17.3 Å². The maximum Gasteiger partial charge on any atom is 0.198 e. The van der Waals surface area contributed by atoms with E-state index >= 15 is 0 Å². The quantitative estimate of drug-likeness (QED) is 0.719. The Morgan fingerprint density at radius 1 is 1.09 bits per heavy atom. The van der Waals surface area contributed by atoms with Gasteiger partial charge in [0.2, 0.25) is 0 Å². The molecule has 22 heavy (non-hydrogen) atoms. The van der Waals surface area contributed by atoms with Gasteiger partial charge in [-0.15, -0.1) is 5.10 Å². The van der Waals surface area contributed by atoms with Crippen LogP contribution in [0.5, 0.6) is 11.5 Å². The number of hydrogen-bond donors (Lipinski definition) is 2. The number of fused-ring (bicyclic) bond motifs is 2. The van der Waals surface area contributed by atoms with Crippen molar-refractivity contribution in [2.45, 2.75) is 13.8 Å². The lowest BCUT2D eigenvalue weighted by atomic mass is 10.1. The van der Waals surface area contributed by atoms with Crippen molar-refractivity contribution in [2.24, 2.45) is 0 Å². The van der Waals surface area contributed by atoms with Crippen molar-refractivity contribution in [3.8, 4) is 11.5 Å². The molecule has 1 fully saturated rings. The van der Waals surface area contributed by atoms with E-state index in [0.29, 0.717) is 5.82 Å². The van der Waals surface area contributed by atoms with E-state index in [4.69, 9.17) is 4.74 Å². The summed E-state index contributed by atoms with van der Waals surface area (Å²) in [5.74, 6) is 2.35. The fraction of sp³-hybridized carbons (Fsp3) is 0.375. The Labute approximate surface area is 129 Å². The lowest BCUT2D eigenvalue weighted by Gasteiger charge is -2.33. The number of rotatable bonds is 1. The highest BCUT2D eigenvalue weighted by Crippen LogP contribution is 2.47. The van der Waals surface area contributed by atoms with Crippen LogP contribution in [0.1, 0.15) is 11.3 Å². The molecule has 0 radical (unpaired) electrons. The number of aryl methyl sites for hydroxylation is 2. The highest BCUT2D eigenvalue weighted by Gasteiger charge is 2.27. The van der Waals surface area contributed by atoms with Gasteiger partial charge in [-0.25, -0.2) is 0 Å². The summed E-state index contributed by atoms with van der Waals surface area (Å²) in [7, 11) is 0. The molecule has 6 heteroatoms. The number of ether oxygens (including phenoxy) is 1. The van der Waals surface area contributed by atoms with E-state index < -0.39 is 0 Å². The van der Waals surface area contributed by atoms with Crippen LogP contribution in [0, 0.1) is 13.8 Å². The zero-order chi connectivity index (χ0) is 15.1. The predicted octanol–water partition coefficient (Wildman–Crippen LogP) is 2.35. The van der Waals surface area contributed by atoms with E-state index in [-0.39, 0.29) is 0 Å². The molecule has 1 aromatic heterocycles. The fourth-order valence-corrected chi connectivity index (χ4v) is 3.05. The minimum Gasteiger partial charge on any atom is -0.449 e. The average Bonchev–Trinajstić information content (AvgIpc) is 2.55. The molecule has 2 N–H and O–H groups in total. The predicted molar refractivity (Wildman–Crippen MR) is 86.4 cm³/mol. The molecule has 114 valence electrons. The highest BCUT2D eigenvalue weighted by molar-refractivity contribution is 5.81. The van der Waals surface area contributed by atoms with E-state index in [9.17, 15) is 0 Å². The molecule has 1 saturated heterocycles. The number of piperazine rings is 1. The largest absolute Gasteiger partial charge is 0.449 e. The van der Waals surface area contributed by atoms with Crippen LogP contribution in [0.3, 0.4) is 0 Å². The second-order valence-electron chi connectivity index (χ2n) is 5.73. The second kappa shape index (κ2) is 5.14. The summed E-state index contributed by atoms with van der Waals surface area (Å²) in [5.41, 5.74) is 4.00. The lowest BCUT2D eigenvalue weighted by Crippen LogP contribution is -2.44. The van der Waals surface area contributed by atoms with Crippen molar-refractivity contribution in [1.82, 2.24) is 15.5 Å². The number of nitrogens with one attached hydrogen (secondary N) is 2. The van der Waals surface area contributed by atoms with Crippen molar-refractivity contribution in [3.63, 3.8) is 0 Å². The van der Waals surface area contributed by atoms with Crippen molar-refractivity contribution in [1.29, 1.82) is 0 Å². The Morgan fingerprint density at radius 3 is 2.73 bits per heavy atom. The number of para-hydroxylation sites is 1. The first-order valence-corrected chi connectivity index (χ1v) is 7.61. The van der Waals surface area contributed by atoms with E-state index in [0.717, 1.165) is 60.3 Å². The Bertz CT molecular complexity index is 725. The van der Waals surface area contributed by atoms with Crippen LogP contribution in [-0.2, 0) is 0 Å². The minimum atomic E-state index is 0.692. The molecule has 4 rings (SSSR count). The van der Waals surface area contributed by atoms with Crippen LogP contribution in [0.15, 0.2) is 18.2 Å². The Morgan fingerprint density at radius 2 is 1.91 bits per heavy atom. The van der Waals surface area contributed by atoms with Gasteiger partial charge in [0.1, 0.15) is 5.69 Å². The van der Waals surface area contributed by atoms with Crippen LogP contribution >= 0.6 is 0 Å². The third-order valence-corrected chi connectivity index (χ3v) is 4.18. The molecule has 2 aliphatic rings. The van der Waals surface area contributed by atoms with Crippen LogP contribution in [0.4, 0.5) is 17.2 Å². The standard InChI is InChI=1S/C16H19N5O/c1-10-4-3-5-12-14(10)22-15-13(21-8-6-17-7-9-21)11(2)19-20-16(15)18-12/h3-5,17H,6-9H2,1-2H3,(H,18,20). The van der Waals surface area contributed by atoms with E-state index in [2.05, 4.69) is 38.7 Å². The zero-order valence-corrected chi connectivity index (χ0v) is 12.8. The Balaban J connectivity index is 1.81. The van der Waals surface area contributed by atoms with E-state index in [1.807, 2.05) is 19.1 Å². The molecule has 6 nitrogen and oxygen atoms in total. The topological polar surface area (TPSA) is 62.3 Å². The smallest absolute Gasteiger partial charge is 0.198 e. The van der Waals surface area contributed by atoms with Gasteiger partial charge < -0.3 is 20.3 Å². The Hall–Kier alpha value is -2.34. The van der Waals surface area contributed by atoms with Gasteiger partial charge in [-0.2, -0.15) is 5.10 Å². The molecular formula is C16H19N5O.